The summed E-state index contributed by atoms with van der Waals surface area (Å²) in [5.41, 5.74) is 0. The van der Waals surface area contributed by atoms with Gasteiger partial charge in [-0.3, -0.25) is 0 Å². The molecule has 1 unspecified atom stereocenters. The predicted octanol–water partition coefficient (Wildman–Crippen LogP) is -0.0848. The van der Waals surface area contributed by atoms with Gasteiger partial charge in [0.05, 0.1) is 0 Å². The summed E-state index contributed by atoms with van der Waals surface area (Å²) in [6.45, 7) is 0. The van der Waals surface area contributed by atoms with Crippen LogP contribution in [0, 0.1) is 0 Å². The van der Waals surface area contributed by atoms with Gasteiger partial charge in [-0.25, -0.2) is 0 Å². The standard InChI is InChI=1S/HO2P.Zr/c1-3-2;/h3H;/p+1. The fourth-order valence-electron chi connectivity index (χ4n) is 0. The smallest absolute Gasteiger partial charge is 0.162 e. The van der Waals surface area contributed by atoms with E-state index in [4.69, 9.17) is 9.46 Å². The Morgan fingerprint density at radius 3 is 1.75 bits per heavy atom. The van der Waals surface area contributed by atoms with Crippen molar-refractivity contribution in [3.63, 3.8) is 0 Å². The Morgan fingerprint density at radius 1 is 1.75 bits per heavy atom. The van der Waals surface area contributed by atoms with E-state index in [9.17, 15) is 0 Å². The molecule has 0 aliphatic carbocycles. The van der Waals surface area contributed by atoms with Crippen LogP contribution in [-0.4, -0.2) is 4.89 Å². The first-order valence-electron chi connectivity index (χ1n) is 0.428. The maximum Gasteiger partial charge on any atom is 0.491 e. The van der Waals surface area contributed by atoms with Crippen LogP contribution in [0.15, 0.2) is 0 Å². The third kappa shape index (κ3) is 12.5. The Morgan fingerprint density at radius 2 is 1.75 bits per heavy atom. The van der Waals surface area contributed by atoms with Crippen molar-refractivity contribution in [1.82, 2.24) is 0 Å². The molecule has 0 saturated heterocycles. The Hall–Kier alpha value is 0.943. The van der Waals surface area contributed by atoms with E-state index in [1.807, 2.05) is 0 Å². The largest absolute Gasteiger partial charge is 0.491 e. The average Bonchev–Trinajstić information content (AvgIpc) is 0.918. The molecule has 1 atom stereocenters. The first-order valence-corrected chi connectivity index (χ1v) is 1.28. The van der Waals surface area contributed by atoms with Crippen LogP contribution in [0.3, 0.4) is 0 Å². The second-order valence-corrected chi connectivity index (χ2v) is 0.274. The van der Waals surface area contributed by atoms with Crippen LogP contribution in [0.5, 0.6) is 0 Å². The molecule has 4 heteroatoms. The van der Waals surface area contributed by atoms with Crippen LogP contribution in [0.1, 0.15) is 0 Å². The van der Waals surface area contributed by atoms with E-state index in [-0.39, 0.29) is 26.2 Å². The summed E-state index contributed by atoms with van der Waals surface area (Å²) in [6.07, 6.45) is 0. The molecule has 0 bridgehead atoms. The first-order chi connectivity index (χ1) is 1.41. The zero-order chi connectivity index (χ0) is 2.71. The minimum atomic E-state index is -1.17. The van der Waals surface area contributed by atoms with Crippen molar-refractivity contribution in [1.29, 1.82) is 0 Å². The average molecular weight is 156 g/mol. The normalized spacial score (nSPS) is 5.25. The molecule has 0 heterocycles. The molecular formula is H2O2PZr+. The predicted molar refractivity (Wildman–Crippen MR) is 11.2 cm³/mol. The third-order valence-corrected chi connectivity index (χ3v) is 0. The molecule has 22 valence electrons. The molecule has 0 rings (SSSR count). The molecule has 0 amide bonds. The van der Waals surface area contributed by atoms with Gasteiger partial charge in [-0.05, 0) is 4.57 Å². The molecule has 2 nitrogen and oxygen atoms in total. The molecule has 4 heavy (non-hydrogen) atoms. The van der Waals surface area contributed by atoms with E-state index in [0.29, 0.717) is 0 Å². The summed E-state index contributed by atoms with van der Waals surface area (Å²) in [5.74, 6) is 0. The summed E-state index contributed by atoms with van der Waals surface area (Å²) in [5, 5.41) is 0. The SMILES string of the molecule is O=[PH+]O.[Zr]. The first kappa shape index (κ1) is 8.87. The summed E-state index contributed by atoms with van der Waals surface area (Å²) in [6, 6.07) is 0. The second-order valence-electron chi connectivity index (χ2n) is 0.0913. The van der Waals surface area contributed by atoms with Gasteiger partial charge in [0, 0.05) is 26.2 Å². The maximum absolute atomic E-state index is 8.51. The van der Waals surface area contributed by atoms with Crippen LogP contribution in [0.25, 0.3) is 0 Å². The molecule has 0 fully saturated rings. The Balaban J connectivity index is 0. The van der Waals surface area contributed by atoms with Crippen LogP contribution < -0.4 is 0 Å². The van der Waals surface area contributed by atoms with Gasteiger partial charge in [0.1, 0.15) is 0 Å². The van der Waals surface area contributed by atoms with Crippen LogP contribution in [-0.2, 0) is 30.8 Å². The van der Waals surface area contributed by atoms with Crippen molar-refractivity contribution < 1.29 is 35.7 Å². The number of hydrogen-bond acceptors (Lipinski definition) is 1. The summed E-state index contributed by atoms with van der Waals surface area (Å²) < 4.78 is 8.51. The van der Waals surface area contributed by atoms with Crippen molar-refractivity contribution in [2.24, 2.45) is 0 Å². The maximum atomic E-state index is 8.51. The molecule has 0 radical (unpaired) electrons. The molecule has 0 aliphatic rings. The number of rotatable bonds is 0. The fourth-order valence-corrected chi connectivity index (χ4v) is 0. The summed E-state index contributed by atoms with van der Waals surface area (Å²) in [7, 11) is -1.17. The quantitative estimate of drug-likeness (QED) is 0.498. The van der Waals surface area contributed by atoms with Crippen molar-refractivity contribution in [2.45, 2.75) is 0 Å². The van der Waals surface area contributed by atoms with Gasteiger partial charge in [0.15, 0.2) is 0 Å². The summed E-state index contributed by atoms with van der Waals surface area (Å²) in [4.78, 5) is 7.04. The molecule has 0 aliphatic heterocycles. The Bertz CT molecular complexity index is 13.5. The van der Waals surface area contributed by atoms with Crippen LogP contribution >= 0.6 is 8.69 Å². The second kappa shape index (κ2) is 9.05. The molecule has 0 aromatic carbocycles. The zero-order valence-corrected chi connectivity index (χ0v) is 5.31. The fraction of sp³-hybridized carbons (Fsp3) is 0. The van der Waals surface area contributed by atoms with Gasteiger partial charge in [0.2, 0.25) is 0 Å². The topological polar surface area (TPSA) is 37.3 Å². The van der Waals surface area contributed by atoms with Crippen molar-refractivity contribution in [3.8, 4) is 0 Å². The van der Waals surface area contributed by atoms with Gasteiger partial charge < -0.3 is 0 Å². The molecular weight excluding hydrogens is 154 g/mol. The van der Waals surface area contributed by atoms with E-state index in [1.54, 1.807) is 0 Å². The van der Waals surface area contributed by atoms with Gasteiger partial charge in [-0.2, -0.15) is 4.89 Å². The van der Waals surface area contributed by atoms with Crippen LogP contribution in [0.4, 0.5) is 0 Å². The Kier molecular flexibility index (Phi) is 20.1. The number of hydrogen-bond donors (Lipinski definition) is 1. The third-order valence-electron chi connectivity index (χ3n) is 0. The molecule has 0 aromatic heterocycles. The van der Waals surface area contributed by atoms with E-state index < -0.39 is 8.69 Å². The van der Waals surface area contributed by atoms with Crippen molar-refractivity contribution in [3.05, 3.63) is 0 Å². The molecule has 0 aromatic rings. The van der Waals surface area contributed by atoms with E-state index >= 15 is 0 Å². The van der Waals surface area contributed by atoms with Gasteiger partial charge >= 0.3 is 8.69 Å². The zero-order valence-electron chi connectivity index (χ0n) is 1.86. The van der Waals surface area contributed by atoms with Gasteiger partial charge in [0.25, 0.3) is 0 Å². The van der Waals surface area contributed by atoms with Crippen LogP contribution in [0.2, 0.25) is 0 Å². The molecule has 1 N–H and O–H groups in total. The molecule has 0 saturated carbocycles. The summed E-state index contributed by atoms with van der Waals surface area (Å²) >= 11 is 0. The van der Waals surface area contributed by atoms with Gasteiger partial charge in [-0.15, -0.1) is 0 Å². The minimum Gasteiger partial charge on any atom is -0.162 e. The van der Waals surface area contributed by atoms with Crippen molar-refractivity contribution in [2.75, 3.05) is 0 Å². The van der Waals surface area contributed by atoms with E-state index in [0.717, 1.165) is 0 Å². The minimum absolute atomic E-state index is 0. The van der Waals surface area contributed by atoms with Gasteiger partial charge in [-0.1, -0.05) is 0 Å². The monoisotopic (exact) mass is 155 g/mol. The Labute approximate surface area is 44.6 Å². The van der Waals surface area contributed by atoms with Crippen molar-refractivity contribution >= 4 is 8.69 Å². The van der Waals surface area contributed by atoms with E-state index in [1.165, 1.54) is 0 Å². The molecule has 0 spiro atoms. The van der Waals surface area contributed by atoms with E-state index in [2.05, 4.69) is 0 Å².